The van der Waals surface area contributed by atoms with Gasteiger partial charge in [0.05, 0.1) is 17.2 Å². The van der Waals surface area contributed by atoms with Crippen molar-refractivity contribution in [2.45, 2.75) is 25.2 Å². The molecule has 1 N–H and O–H groups in total. The number of nitrogens with one attached hydrogen (secondary N) is 1. The lowest BCUT2D eigenvalue weighted by Gasteiger charge is -2.16. The molecule has 2 aromatic carbocycles. The van der Waals surface area contributed by atoms with E-state index in [1.165, 1.54) is 19.2 Å². The molecule has 0 radical (unpaired) electrons. The lowest BCUT2D eigenvalue weighted by atomic mass is 10.1. The van der Waals surface area contributed by atoms with Gasteiger partial charge in [0, 0.05) is 7.05 Å². The number of hydrazone groups is 1. The molecule has 0 heterocycles. The van der Waals surface area contributed by atoms with E-state index in [9.17, 15) is 13.2 Å². The number of benzene rings is 2. The second-order valence-electron chi connectivity index (χ2n) is 5.89. The van der Waals surface area contributed by atoms with Crippen molar-refractivity contribution < 1.29 is 13.2 Å². The molecule has 2 aromatic rings. The Morgan fingerprint density at radius 3 is 2.27 bits per heavy atom. The molecule has 6 nitrogen and oxygen atoms in total. The van der Waals surface area contributed by atoms with Crippen LogP contribution in [0.5, 0.6) is 0 Å². The molecule has 2 rings (SSSR count). The average Bonchev–Trinajstić information content (AvgIpc) is 2.63. The van der Waals surface area contributed by atoms with E-state index in [1.54, 1.807) is 12.1 Å². The maximum atomic E-state index is 12.5. The highest BCUT2D eigenvalue weighted by atomic mass is 32.2. The predicted octanol–water partition coefficient (Wildman–Crippen LogP) is 2.55. The Kier molecular flexibility index (Phi) is 6.65. The average molecular weight is 373 g/mol. The molecule has 26 heavy (non-hydrogen) atoms. The number of nitrogens with zero attached hydrogens (tertiary/aromatic N) is 2. The van der Waals surface area contributed by atoms with Gasteiger partial charge >= 0.3 is 0 Å². The van der Waals surface area contributed by atoms with Gasteiger partial charge in [-0.15, -0.1) is 0 Å². The maximum Gasteiger partial charge on any atom is 0.255 e. The van der Waals surface area contributed by atoms with Gasteiger partial charge in [0.1, 0.15) is 0 Å². The van der Waals surface area contributed by atoms with Crippen LogP contribution >= 0.6 is 0 Å². The van der Waals surface area contributed by atoms with Crippen molar-refractivity contribution in [1.29, 1.82) is 0 Å². The molecule has 0 atom stereocenters. The minimum absolute atomic E-state index is 0.153. The highest BCUT2D eigenvalue weighted by Crippen LogP contribution is 2.14. The fourth-order valence-electron chi connectivity index (χ4n) is 2.32. The second-order valence-corrected chi connectivity index (χ2v) is 7.93. The largest absolute Gasteiger partial charge is 0.272 e. The molecule has 0 saturated carbocycles. The standard InChI is InChI=1S/C19H23N3O3S/c1-4-18(16-8-6-5-7-9-16)20-21-19(23)14-22(3)26(24,25)17-12-10-15(2)11-13-17/h5-13H,4,14H2,1-3H3,(H,21,23)/b20-18-. The smallest absolute Gasteiger partial charge is 0.255 e. The van der Waals surface area contributed by atoms with Crippen LogP contribution in [0.1, 0.15) is 24.5 Å². The summed E-state index contributed by atoms with van der Waals surface area (Å²) >= 11 is 0. The van der Waals surface area contributed by atoms with Gasteiger partial charge in [-0.05, 0) is 31.0 Å². The maximum absolute atomic E-state index is 12.5. The number of likely N-dealkylation sites (N-methyl/N-ethyl adjacent to an activating group) is 1. The van der Waals surface area contributed by atoms with E-state index in [0.29, 0.717) is 6.42 Å². The van der Waals surface area contributed by atoms with E-state index < -0.39 is 15.9 Å². The van der Waals surface area contributed by atoms with Gasteiger partial charge in [0.15, 0.2) is 0 Å². The molecular formula is C19H23N3O3S. The zero-order valence-corrected chi connectivity index (χ0v) is 16.0. The van der Waals surface area contributed by atoms with Gasteiger partial charge in [-0.1, -0.05) is 55.0 Å². The Labute approximate surface area is 154 Å². The van der Waals surface area contributed by atoms with Crippen LogP contribution in [0, 0.1) is 6.92 Å². The fourth-order valence-corrected chi connectivity index (χ4v) is 3.45. The van der Waals surface area contributed by atoms with Crippen molar-refractivity contribution >= 4 is 21.6 Å². The summed E-state index contributed by atoms with van der Waals surface area (Å²) in [5.74, 6) is -0.495. The number of carbonyl (C=O) groups excluding carboxylic acids is 1. The van der Waals surface area contributed by atoms with Crippen LogP contribution in [-0.2, 0) is 14.8 Å². The summed E-state index contributed by atoms with van der Waals surface area (Å²) < 4.78 is 26.0. The number of amides is 1. The van der Waals surface area contributed by atoms with Crippen molar-refractivity contribution in [1.82, 2.24) is 9.73 Å². The van der Waals surface area contributed by atoms with Crippen LogP contribution in [0.2, 0.25) is 0 Å². The van der Waals surface area contributed by atoms with Crippen LogP contribution in [0.25, 0.3) is 0 Å². The van der Waals surface area contributed by atoms with Gasteiger partial charge in [-0.3, -0.25) is 4.79 Å². The first-order chi connectivity index (χ1) is 12.3. The normalized spacial score (nSPS) is 12.2. The molecule has 0 aromatic heterocycles. The molecule has 0 saturated heterocycles. The molecule has 138 valence electrons. The molecule has 0 fully saturated rings. The van der Waals surface area contributed by atoms with E-state index in [4.69, 9.17) is 0 Å². The van der Waals surface area contributed by atoms with E-state index in [-0.39, 0.29) is 11.4 Å². The lowest BCUT2D eigenvalue weighted by molar-refractivity contribution is -0.121. The summed E-state index contributed by atoms with van der Waals surface area (Å²) in [4.78, 5) is 12.3. The second kappa shape index (κ2) is 8.73. The molecule has 1 amide bonds. The number of carbonyl (C=O) groups is 1. The number of rotatable bonds is 7. The van der Waals surface area contributed by atoms with Crippen LogP contribution in [0.4, 0.5) is 0 Å². The highest BCUT2D eigenvalue weighted by molar-refractivity contribution is 7.89. The first-order valence-electron chi connectivity index (χ1n) is 8.28. The SMILES string of the molecule is CC/C(=N/NC(=O)CN(C)S(=O)(=O)c1ccc(C)cc1)c1ccccc1. The summed E-state index contributed by atoms with van der Waals surface area (Å²) in [5.41, 5.74) is 5.04. The Balaban J connectivity index is 2.04. The molecule has 0 spiro atoms. The predicted molar refractivity (Wildman–Crippen MR) is 102 cm³/mol. The summed E-state index contributed by atoms with van der Waals surface area (Å²) in [6.45, 7) is 3.50. The Morgan fingerprint density at radius 2 is 1.69 bits per heavy atom. The van der Waals surface area contributed by atoms with Crippen molar-refractivity contribution in [3.63, 3.8) is 0 Å². The van der Waals surface area contributed by atoms with Crippen LogP contribution in [-0.4, -0.2) is 37.9 Å². The highest BCUT2D eigenvalue weighted by Gasteiger charge is 2.22. The summed E-state index contributed by atoms with van der Waals surface area (Å²) in [6.07, 6.45) is 0.641. The topological polar surface area (TPSA) is 78.8 Å². The third kappa shape index (κ3) is 5.00. The molecule has 0 aliphatic heterocycles. The van der Waals surface area contributed by atoms with Crippen molar-refractivity contribution in [3.05, 3.63) is 65.7 Å². The first-order valence-corrected chi connectivity index (χ1v) is 9.72. The van der Waals surface area contributed by atoms with Gasteiger partial charge in [-0.25, -0.2) is 13.8 Å². The molecule has 0 aliphatic rings. The minimum atomic E-state index is -3.72. The zero-order chi connectivity index (χ0) is 19.2. The Bertz CT molecular complexity index is 876. The number of sulfonamides is 1. The molecular weight excluding hydrogens is 350 g/mol. The quantitative estimate of drug-likeness (QED) is 0.598. The van der Waals surface area contributed by atoms with E-state index >= 15 is 0 Å². The zero-order valence-electron chi connectivity index (χ0n) is 15.1. The van der Waals surface area contributed by atoms with Crippen LogP contribution in [0.3, 0.4) is 0 Å². The number of hydrogen-bond donors (Lipinski definition) is 1. The minimum Gasteiger partial charge on any atom is -0.272 e. The fraction of sp³-hybridized carbons (Fsp3) is 0.263. The van der Waals surface area contributed by atoms with E-state index in [2.05, 4.69) is 10.5 Å². The van der Waals surface area contributed by atoms with Crippen molar-refractivity contribution in [2.75, 3.05) is 13.6 Å². The lowest BCUT2D eigenvalue weighted by Crippen LogP contribution is -2.37. The van der Waals surface area contributed by atoms with E-state index in [1.807, 2.05) is 44.2 Å². The van der Waals surface area contributed by atoms with Crippen LogP contribution < -0.4 is 5.43 Å². The Morgan fingerprint density at radius 1 is 1.08 bits per heavy atom. The summed E-state index contributed by atoms with van der Waals surface area (Å²) in [5, 5.41) is 4.13. The van der Waals surface area contributed by atoms with E-state index in [0.717, 1.165) is 21.1 Å². The van der Waals surface area contributed by atoms with Gasteiger partial charge in [-0.2, -0.15) is 9.41 Å². The third-order valence-corrected chi connectivity index (χ3v) is 5.67. The number of aryl methyl sites for hydroxylation is 1. The van der Waals surface area contributed by atoms with Gasteiger partial charge in [0.25, 0.3) is 5.91 Å². The van der Waals surface area contributed by atoms with Crippen molar-refractivity contribution in [2.24, 2.45) is 5.10 Å². The van der Waals surface area contributed by atoms with Crippen LogP contribution in [0.15, 0.2) is 64.6 Å². The first kappa shape index (κ1) is 19.8. The number of hydrogen-bond acceptors (Lipinski definition) is 4. The van der Waals surface area contributed by atoms with Gasteiger partial charge in [0.2, 0.25) is 10.0 Å². The molecule has 0 bridgehead atoms. The third-order valence-electron chi connectivity index (χ3n) is 3.85. The summed E-state index contributed by atoms with van der Waals surface area (Å²) in [7, 11) is -2.35. The molecule has 0 unspecified atom stereocenters. The monoisotopic (exact) mass is 373 g/mol. The molecule has 0 aliphatic carbocycles. The molecule has 7 heteroatoms. The van der Waals surface area contributed by atoms with Gasteiger partial charge < -0.3 is 0 Å². The summed E-state index contributed by atoms with van der Waals surface area (Å²) in [6, 6.07) is 16.0. The Hall–Kier alpha value is -2.51. The van der Waals surface area contributed by atoms with Crippen molar-refractivity contribution in [3.8, 4) is 0 Å².